The molecule has 0 aliphatic carbocycles. The SMILES string of the molecule is CCC(NC(=O)[C@@H](N)CCSC)c1ccccc1. The summed E-state index contributed by atoms with van der Waals surface area (Å²) in [5, 5.41) is 3.02. The minimum atomic E-state index is -0.407. The lowest BCUT2D eigenvalue weighted by Crippen LogP contribution is -2.42. The fraction of sp³-hybridized carbons (Fsp3) is 0.500. The Hall–Kier alpha value is -1.00. The van der Waals surface area contributed by atoms with Crippen LogP contribution in [0.1, 0.15) is 31.4 Å². The molecule has 1 amide bonds. The van der Waals surface area contributed by atoms with Crippen LogP contribution in [0.4, 0.5) is 0 Å². The topological polar surface area (TPSA) is 55.1 Å². The first-order valence-corrected chi connectivity index (χ1v) is 7.68. The number of carbonyl (C=O) groups excluding carboxylic acids is 1. The van der Waals surface area contributed by atoms with Crippen LogP contribution >= 0.6 is 11.8 Å². The zero-order valence-corrected chi connectivity index (χ0v) is 11.9. The second-order valence-corrected chi connectivity index (χ2v) is 5.25. The molecule has 0 aromatic heterocycles. The van der Waals surface area contributed by atoms with E-state index in [9.17, 15) is 4.79 Å². The maximum atomic E-state index is 11.9. The summed E-state index contributed by atoms with van der Waals surface area (Å²) in [6.45, 7) is 2.06. The van der Waals surface area contributed by atoms with Gasteiger partial charge in [0.25, 0.3) is 0 Å². The van der Waals surface area contributed by atoms with Gasteiger partial charge in [-0.25, -0.2) is 0 Å². The molecule has 0 spiro atoms. The molecule has 100 valence electrons. The molecule has 3 nitrogen and oxygen atoms in total. The largest absolute Gasteiger partial charge is 0.348 e. The van der Waals surface area contributed by atoms with Gasteiger partial charge in [0, 0.05) is 0 Å². The van der Waals surface area contributed by atoms with Crippen molar-refractivity contribution in [3.63, 3.8) is 0 Å². The number of amides is 1. The summed E-state index contributed by atoms with van der Waals surface area (Å²) < 4.78 is 0. The Kier molecular flexibility index (Phi) is 6.83. The minimum Gasteiger partial charge on any atom is -0.348 e. The van der Waals surface area contributed by atoms with Gasteiger partial charge in [-0.1, -0.05) is 37.3 Å². The third-order valence-electron chi connectivity index (χ3n) is 2.90. The Bertz CT molecular complexity index is 356. The molecule has 0 bridgehead atoms. The first-order valence-electron chi connectivity index (χ1n) is 6.28. The Balaban J connectivity index is 2.56. The predicted octanol–water partition coefficient (Wildman–Crippen LogP) is 2.33. The van der Waals surface area contributed by atoms with E-state index < -0.39 is 6.04 Å². The number of nitrogens with two attached hydrogens (primary N) is 1. The first-order chi connectivity index (χ1) is 8.69. The average Bonchev–Trinajstić information content (AvgIpc) is 2.42. The standard InChI is InChI=1S/C14H22N2OS/c1-3-13(11-7-5-4-6-8-11)16-14(17)12(15)9-10-18-2/h4-8,12-13H,3,9-10,15H2,1-2H3,(H,16,17)/t12-,13?/m0/s1. The molecule has 18 heavy (non-hydrogen) atoms. The molecule has 0 saturated heterocycles. The van der Waals surface area contributed by atoms with Gasteiger partial charge in [0.2, 0.25) is 5.91 Å². The van der Waals surface area contributed by atoms with Crippen molar-refractivity contribution in [2.45, 2.75) is 31.8 Å². The number of hydrogen-bond donors (Lipinski definition) is 2. The Morgan fingerprint density at radius 3 is 2.61 bits per heavy atom. The molecule has 3 N–H and O–H groups in total. The van der Waals surface area contributed by atoms with Crippen LogP contribution < -0.4 is 11.1 Å². The predicted molar refractivity (Wildman–Crippen MR) is 78.6 cm³/mol. The maximum absolute atomic E-state index is 11.9. The first kappa shape index (κ1) is 15.1. The molecule has 0 fully saturated rings. The van der Waals surface area contributed by atoms with Gasteiger partial charge in [0.05, 0.1) is 12.1 Å². The molecular weight excluding hydrogens is 244 g/mol. The number of carbonyl (C=O) groups is 1. The highest BCUT2D eigenvalue weighted by atomic mass is 32.2. The van der Waals surface area contributed by atoms with Crippen molar-refractivity contribution in [2.75, 3.05) is 12.0 Å². The van der Waals surface area contributed by atoms with Crippen molar-refractivity contribution in [3.05, 3.63) is 35.9 Å². The third kappa shape index (κ3) is 4.70. The van der Waals surface area contributed by atoms with Crippen LogP contribution in [0, 0.1) is 0 Å². The molecule has 0 saturated carbocycles. The van der Waals surface area contributed by atoms with E-state index in [1.54, 1.807) is 11.8 Å². The van der Waals surface area contributed by atoms with E-state index in [0.717, 1.165) is 24.2 Å². The summed E-state index contributed by atoms with van der Waals surface area (Å²) in [6.07, 6.45) is 3.60. The van der Waals surface area contributed by atoms with E-state index in [1.165, 1.54) is 0 Å². The quantitative estimate of drug-likeness (QED) is 0.796. The Labute approximate surface area is 114 Å². The van der Waals surface area contributed by atoms with Crippen molar-refractivity contribution < 1.29 is 4.79 Å². The van der Waals surface area contributed by atoms with E-state index in [2.05, 4.69) is 12.2 Å². The normalized spacial score (nSPS) is 13.9. The van der Waals surface area contributed by atoms with Gasteiger partial charge in [0.1, 0.15) is 0 Å². The van der Waals surface area contributed by atoms with Gasteiger partial charge in [-0.2, -0.15) is 11.8 Å². The second kappa shape index (κ2) is 8.16. The van der Waals surface area contributed by atoms with Crippen LogP contribution in [0.5, 0.6) is 0 Å². The average molecular weight is 266 g/mol. The highest BCUT2D eigenvalue weighted by Crippen LogP contribution is 2.16. The lowest BCUT2D eigenvalue weighted by molar-refractivity contribution is -0.123. The van der Waals surface area contributed by atoms with Crippen LogP contribution in [-0.2, 0) is 4.79 Å². The fourth-order valence-electron chi connectivity index (χ4n) is 1.76. The molecule has 1 aromatic carbocycles. The van der Waals surface area contributed by atoms with Crippen LogP contribution in [0.2, 0.25) is 0 Å². The molecule has 1 unspecified atom stereocenters. The smallest absolute Gasteiger partial charge is 0.237 e. The van der Waals surface area contributed by atoms with E-state index in [0.29, 0.717) is 0 Å². The number of benzene rings is 1. The summed E-state index contributed by atoms with van der Waals surface area (Å²) in [7, 11) is 0. The highest BCUT2D eigenvalue weighted by Gasteiger charge is 2.17. The van der Waals surface area contributed by atoms with E-state index in [1.807, 2.05) is 36.6 Å². The molecule has 0 radical (unpaired) electrons. The van der Waals surface area contributed by atoms with E-state index in [4.69, 9.17) is 5.73 Å². The molecule has 2 atom stereocenters. The fourth-order valence-corrected chi connectivity index (χ4v) is 2.25. The molecule has 0 aliphatic rings. The Morgan fingerprint density at radius 1 is 1.39 bits per heavy atom. The van der Waals surface area contributed by atoms with E-state index >= 15 is 0 Å². The van der Waals surface area contributed by atoms with Crippen molar-refractivity contribution in [1.29, 1.82) is 0 Å². The zero-order chi connectivity index (χ0) is 13.4. The van der Waals surface area contributed by atoms with Gasteiger partial charge in [-0.15, -0.1) is 0 Å². The van der Waals surface area contributed by atoms with Crippen molar-refractivity contribution >= 4 is 17.7 Å². The van der Waals surface area contributed by atoms with E-state index in [-0.39, 0.29) is 11.9 Å². The number of hydrogen-bond acceptors (Lipinski definition) is 3. The van der Waals surface area contributed by atoms with Crippen molar-refractivity contribution in [1.82, 2.24) is 5.32 Å². The van der Waals surface area contributed by atoms with Crippen LogP contribution in [-0.4, -0.2) is 24.0 Å². The second-order valence-electron chi connectivity index (χ2n) is 4.27. The van der Waals surface area contributed by atoms with Crippen molar-refractivity contribution in [3.8, 4) is 0 Å². The summed E-state index contributed by atoms with van der Waals surface area (Å²) >= 11 is 1.71. The lowest BCUT2D eigenvalue weighted by Gasteiger charge is -2.20. The Morgan fingerprint density at radius 2 is 2.06 bits per heavy atom. The number of nitrogens with one attached hydrogen (secondary N) is 1. The molecule has 1 aromatic rings. The van der Waals surface area contributed by atoms with Gasteiger partial charge >= 0.3 is 0 Å². The van der Waals surface area contributed by atoms with Crippen LogP contribution in [0.3, 0.4) is 0 Å². The summed E-state index contributed by atoms with van der Waals surface area (Å²) in [5.74, 6) is 0.858. The van der Waals surface area contributed by atoms with Crippen LogP contribution in [0.25, 0.3) is 0 Å². The van der Waals surface area contributed by atoms with Gasteiger partial charge in [0.15, 0.2) is 0 Å². The third-order valence-corrected chi connectivity index (χ3v) is 3.54. The van der Waals surface area contributed by atoms with Gasteiger partial charge in [-0.05, 0) is 30.4 Å². The maximum Gasteiger partial charge on any atom is 0.237 e. The van der Waals surface area contributed by atoms with Gasteiger partial charge < -0.3 is 11.1 Å². The molecule has 0 heterocycles. The monoisotopic (exact) mass is 266 g/mol. The lowest BCUT2D eigenvalue weighted by atomic mass is 10.0. The number of thioether (sulfide) groups is 1. The zero-order valence-electron chi connectivity index (χ0n) is 11.1. The minimum absolute atomic E-state index is 0.0547. The summed E-state index contributed by atoms with van der Waals surface area (Å²) in [4.78, 5) is 11.9. The van der Waals surface area contributed by atoms with Crippen LogP contribution in [0.15, 0.2) is 30.3 Å². The summed E-state index contributed by atoms with van der Waals surface area (Å²) in [5.41, 5.74) is 6.99. The van der Waals surface area contributed by atoms with Gasteiger partial charge in [-0.3, -0.25) is 4.79 Å². The van der Waals surface area contributed by atoms with Crippen molar-refractivity contribution in [2.24, 2.45) is 5.73 Å². The number of rotatable bonds is 7. The summed E-state index contributed by atoms with van der Waals surface area (Å²) in [6, 6.07) is 9.65. The molecule has 1 rings (SSSR count). The highest BCUT2D eigenvalue weighted by molar-refractivity contribution is 7.98. The molecular formula is C14H22N2OS. The molecule has 0 aliphatic heterocycles. The molecule has 4 heteroatoms.